The summed E-state index contributed by atoms with van der Waals surface area (Å²) in [5.74, 6) is 0. The Morgan fingerprint density at radius 2 is 2.71 bits per heavy atom. The number of ether oxygens (including phenoxy) is 1. The van der Waals surface area contributed by atoms with Crippen LogP contribution in [0.4, 0.5) is 0 Å². The first-order chi connectivity index (χ1) is 3.43. The minimum atomic E-state index is -0.333. The van der Waals surface area contributed by atoms with Crippen LogP contribution in [0.1, 0.15) is 0 Å². The Balaban J connectivity index is 2.26. The van der Waals surface area contributed by atoms with Gasteiger partial charge in [0.1, 0.15) is 0 Å². The van der Waals surface area contributed by atoms with E-state index in [0.29, 0.717) is 6.61 Å². The Bertz CT molecular complexity index is 68.1. The summed E-state index contributed by atoms with van der Waals surface area (Å²) >= 11 is 0. The Hall–Kier alpha value is -0.410. The molecule has 3 heteroatoms. The van der Waals surface area contributed by atoms with Crippen LogP contribution in [0.3, 0.4) is 0 Å². The van der Waals surface area contributed by atoms with Crippen LogP contribution in [0.2, 0.25) is 0 Å². The first-order valence-corrected chi connectivity index (χ1v) is 2.24. The SMILES string of the molecule is O=C[C@H]1NCCO1. The molecule has 1 N–H and O–H groups in total. The topological polar surface area (TPSA) is 38.3 Å². The van der Waals surface area contributed by atoms with Gasteiger partial charge in [-0.2, -0.15) is 0 Å². The van der Waals surface area contributed by atoms with Crippen LogP contribution >= 0.6 is 0 Å². The van der Waals surface area contributed by atoms with E-state index in [1.165, 1.54) is 0 Å². The van der Waals surface area contributed by atoms with E-state index in [1.807, 2.05) is 0 Å². The number of carbonyl (C=O) groups is 1. The van der Waals surface area contributed by atoms with Gasteiger partial charge in [0.15, 0.2) is 12.5 Å². The van der Waals surface area contributed by atoms with Crippen molar-refractivity contribution in [2.24, 2.45) is 0 Å². The van der Waals surface area contributed by atoms with Crippen LogP contribution in [-0.2, 0) is 9.53 Å². The van der Waals surface area contributed by atoms with Gasteiger partial charge in [0.05, 0.1) is 6.61 Å². The summed E-state index contributed by atoms with van der Waals surface area (Å²) in [6.45, 7) is 1.45. The highest BCUT2D eigenvalue weighted by Crippen LogP contribution is 1.88. The van der Waals surface area contributed by atoms with Gasteiger partial charge in [-0.05, 0) is 0 Å². The molecular formula is C4H7NO2. The zero-order valence-corrected chi connectivity index (χ0v) is 3.89. The predicted molar refractivity (Wildman–Crippen MR) is 23.8 cm³/mol. The smallest absolute Gasteiger partial charge is 0.164 e. The maximum absolute atomic E-state index is 9.82. The lowest BCUT2D eigenvalue weighted by molar-refractivity contribution is -0.116. The first kappa shape index (κ1) is 4.74. The molecule has 1 aliphatic rings. The quantitative estimate of drug-likeness (QED) is 0.436. The number of nitrogens with one attached hydrogen (secondary N) is 1. The maximum atomic E-state index is 9.82. The molecule has 1 heterocycles. The molecule has 0 saturated carbocycles. The van der Waals surface area contributed by atoms with Crippen molar-refractivity contribution < 1.29 is 9.53 Å². The van der Waals surface area contributed by atoms with Gasteiger partial charge in [-0.1, -0.05) is 0 Å². The summed E-state index contributed by atoms with van der Waals surface area (Å²) in [6.07, 6.45) is 0.424. The fraction of sp³-hybridized carbons (Fsp3) is 0.750. The molecule has 1 rings (SSSR count). The molecule has 0 radical (unpaired) electrons. The lowest BCUT2D eigenvalue weighted by atomic mass is 10.6. The molecule has 0 aromatic carbocycles. The first-order valence-electron chi connectivity index (χ1n) is 2.24. The van der Waals surface area contributed by atoms with Crippen molar-refractivity contribution in [2.45, 2.75) is 6.23 Å². The molecule has 0 bridgehead atoms. The summed E-state index contributed by atoms with van der Waals surface area (Å²) in [7, 11) is 0. The van der Waals surface area contributed by atoms with Crippen molar-refractivity contribution in [3.05, 3.63) is 0 Å². The van der Waals surface area contributed by atoms with E-state index in [0.717, 1.165) is 12.8 Å². The highest BCUT2D eigenvalue weighted by molar-refractivity contribution is 5.55. The van der Waals surface area contributed by atoms with Gasteiger partial charge >= 0.3 is 0 Å². The van der Waals surface area contributed by atoms with E-state index in [2.05, 4.69) is 5.32 Å². The van der Waals surface area contributed by atoms with Gasteiger partial charge in [0.25, 0.3) is 0 Å². The van der Waals surface area contributed by atoms with Crippen molar-refractivity contribution >= 4 is 6.29 Å². The predicted octanol–water partition coefficient (Wildman–Crippen LogP) is -0.869. The van der Waals surface area contributed by atoms with Gasteiger partial charge in [-0.25, -0.2) is 0 Å². The van der Waals surface area contributed by atoms with Crippen molar-refractivity contribution in [3.8, 4) is 0 Å². The third-order valence-electron chi connectivity index (χ3n) is 0.869. The lowest BCUT2D eigenvalue weighted by Crippen LogP contribution is -2.23. The molecule has 0 aromatic heterocycles. The number of rotatable bonds is 1. The standard InChI is InChI=1S/C4H7NO2/c6-3-4-5-1-2-7-4/h3-5H,1-2H2/t4-/m0/s1. The van der Waals surface area contributed by atoms with Crippen molar-refractivity contribution in [1.82, 2.24) is 5.32 Å². The number of aldehydes is 1. The second-order valence-corrected chi connectivity index (χ2v) is 1.38. The zero-order valence-electron chi connectivity index (χ0n) is 3.89. The van der Waals surface area contributed by atoms with Crippen molar-refractivity contribution in [3.63, 3.8) is 0 Å². The molecule has 0 unspecified atom stereocenters. The molecule has 3 nitrogen and oxygen atoms in total. The van der Waals surface area contributed by atoms with Crippen molar-refractivity contribution in [2.75, 3.05) is 13.2 Å². The van der Waals surface area contributed by atoms with E-state index in [4.69, 9.17) is 4.74 Å². The van der Waals surface area contributed by atoms with Crippen LogP contribution in [0.25, 0.3) is 0 Å². The summed E-state index contributed by atoms with van der Waals surface area (Å²) in [4.78, 5) is 9.82. The highest BCUT2D eigenvalue weighted by Gasteiger charge is 2.10. The van der Waals surface area contributed by atoms with Crippen molar-refractivity contribution in [1.29, 1.82) is 0 Å². The lowest BCUT2D eigenvalue weighted by Gasteiger charge is -1.94. The van der Waals surface area contributed by atoms with Gasteiger partial charge in [0.2, 0.25) is 0 Å². The Morgan fingerprint density at radius 1 is 1.86 bits per heavy atom. The number of hydrogen-bond donors (Lipinski definition) is 1. The molecular weight excluding hydrogens is 94.0 g/mol. The molecule has 1 saturated heterocycles. The molecule has 1 atom stereocenters. The van der Waals surface area contributed by atoms with E-state index >= 15 is 0 Å². The molecule has 0 aromatic rings. The summed E-state index contributed by atoms with van der Waals surface area (Å²) in [6, 6.07) is 0. The van der Waals surface area contributed by atoms with Gasteiger partial charge < -0.3 is 4.74 Å². The summed E-state index contributed by atoms with van der Waals surface area (Å²) in [5, 5.41) is 2.82. The Labute approximate surface area is 41.7 Å². The van der Waals surface area contributed by atoms with Gasteiger partial charge in [-0.3, -0.25) is 10.1 Å². The third kappa shape index (κ3) is 0.976. The molecule has 0 spiro atoms. The van der Waals surface area contributed by atoms with E-state index < -0.39 is 0 Å². The molecule has 0 aliphatic carbocycles. The molecule has 40 valence electrons. The molecule has 1 fully saturated rings. The average molecular weight is 101 g/mol. The maximum Gasteiger partial charge on any atom is 0.164 e. The molecule has 7 heavy (non-hydrogen) atoms. The number of carbonyl (C=O) groups excluding carboxylic acids is 1. The monoisotopic (exact) mass is 101 g/mol. The van der Waals surface area contributed by atoms with Crippen LogP contribution < -0.4 is 5.32 Å². The largest absolute Gasteiger partial charge is 0.355 e. The Kier molecular flexibility index (Phi) is 1.38. The van der Waals surface area contributed by atoms with Gasteiger partial charge in [-0.15, -0.1) is 0 Å². The van der Waals surface area contributed by atoms with Crippen LogP contribution in [0.15, 0.2) is 0 Å². The number of hydrogen-bond acceptors (Lipinski definition) is 3. The minimum absolute atomic E-state index is 0.333. The highest BCUT2D eigenvalue weighted by atomic mass is 16.5. The van der Waals surface area contributed by atoms with E-state index in [1.54, 1.807) is 0 Å². The molecule has 0 amide bonds. The second-order valence-electron chi connectivity index (χ2n) is 1.38. The zero-order chi connectivity index (χ0) is 5.11. The minimum Gasteiger partial charge on any atom is -0.355 e. The van der Waals surface area contributed by atoms with E-state index in [9.17, 15) is 4.79 Å². The third-order valence-corrected chi connectivity index (χ3v) is 0.869. The fourth-order valence-electron chi connectivity index (χ4n) is 0.533. The average Bonchev–Trinajstić information content (AvgIpc) is 2.14. The molecule has 1 aliphatic heterocycles. The normalized spacial score (nSPS) is 30.6. The van der Waals surface area contributed by atoms with Crippen LogP contribution in [0.5, 0.6) is 0 Å². The second kappa shape index (κ2) is 2.04. The van der Waals surface area contributed by atoms with Crippen LogP contribution in [0, 0.1) is 0 Å². The Morgan fingerprint density at radius 3 is 3.00 bits per heavy atom. The van der Waals surface area contributed by atoms with Gasteiger partial charge in [0, 0.05) is 6.54 Å². The van der Waals surface area contributed by atoms with Crippen LogP contribution in [-0.4, -0.2) is 25.7 Å². The van der Waals surface area contributed by atoms with E-state index in [-0.39, 0.29) is 6.23 Å². The summed E-state index contributed by atoms with van der Waals surface area (Å²) in [5.41, 5.74) is 0. The fourth-order valence-corrected chi connectivity index (χ4v) is 0.533. The summed E-state index contributed by atoms with van der Waals surface area (Å²) < 4.78 is 4.82.